The van der Waals surface area contributed by atoms with Gasteiger partial charge in [-0.05, 0) is 40.9 Å². The molecule has 8 heteroatoms. The highest BCUT2D eigenvalue weighted by Crippen LogP contribution is 2.27. The molecule has 0 radical (unpaired) electrons. The third-order valence-corrected chi connectivity index (χ3v) is 4.74. The molecule has 2 heterocycles. The zero-order valence-corrected chi connectivity index (χ0v) is 14.1. The number of amides is 1. The van der Waals surface area contributed by atoms with Gasteiger partial charge in [0, 0.05) is 11.1 Å². The van der Waals surface area contributed by atoms with Gasteiger partial charge in [0.1, 0.15) is 6.10 Å². The number of aromatic nitrogens is 3. The van der Waals surface area contributed by atoms with Crippen molar-refractivity contribution < 1.29 is 9.53 Å². The molecule has 2 N–H and O–H groups in total. The largest absolute Gasteiger partial charge is 0.370 e. The highest BCUT2D eigenvalue weighted by atomic mass is 79.9. The van der Waals surface area contributed by atoms with Crippen molar-refractivity contribution in [3.8, 4) is 0 Å². The Kier molecular flexibility index (Phi) is 5.12. The molecule has 1 aliphatic rings. The van der Waals surface area contributed by atoms with E-state index < -0.39 is 0 Å². The summed E-state index contributed by atoms with van der Waals surface area (Å²) in [5.41, 5.74) is 0.753. The smallest absolute Gasteiger partial charge is 0.234 e. The lowest BCUT2D eigenvalue weighted by Crippen LogP contribution is -2.14. The number of nitrogens with zero attached hydrogens (tertiary/aromatic N) is 2. The monoisotopic (exact) mass is 382 g/mol. The molecule has 1 atom stereocenters. The molecule has 1 fully saturated rings. The molecule has 0 bridgehead atoms. The summed E-state index contributed by atoms with van der Waals surface area (Å²) in [7, 11) is 0. The molecule has 1 aromatic carbocycles. The first-order valence-electron chi connectivity index (χ1n) is 6.93. The standard InChI is InChI=1S/C14H15BrN4O2S/c15-9-4-1-2-5-10(9)16-12(20)8-22-14-17-13(18-19-14)11-6-3-7-21-11/h1-2,4-5,11H,3,6-8H2,(H,16,20)(H,17,18,19). The van der Waals surface area contributed by atoms with Crippen molar-refractivity contribution in [2.45, 2.75) is 24.1 Å². The van der Waals surface area contributed by atoms with Gasteiger partial charge in [-0.15, -0.1) is 5.10 Å². The summed E-state index contributed by atoms with van der Waals surface area (Å²) in [6.45, 7) is 0.766. The van der Waals surface area contributed by atoms with Gasteiger partial charge in [-0.1, -0.05) is 23.9 Å². The minimum absolute atomic E-state index is 0.0101. The minimum Gasteiger partial charge on any atom is -0.370 e. The van der Waals surface area contributed by atoms with E-state index in [0.29, 0.717) is 5.16 Å². The van der Waals surface area contributed by atoms with Crippen molar-refractivity contribution in [1.82, 2.24) is 15.2 Å². The maximum Gasteiger partial charge on any atom is 0.234 e. The highest BCUT2D eigenvalue weighted by Gasteiger charge is 2.21. The van der Waals surface area contributed by atoms with Crippen LogP contribution in [0, 0.1) is 0 Å². The Bertz CT molecular complexity index is 658. The number of nitrogens with one attached hydrogen (secondary N) is 2. The SMILES string of the molecule is O=C(CSc1n[nH]c(C2CCCO2)n1)Nc1ccccc1Br. The van der Waals surface area contributed by atoms with Crippen LogP contribution in [0.25, 0.3) is 0 Å². The van der Waals surface area contributed by atoms with Crippen molar-refractivity contribution in [2.24, 2.45) is 0 Å². The van der Waals surface area contributed by atoms with Crippen molar-refractivity contribution in [1.29, 1.82) is 0 Å². The Morgan fingerprint density at radius 3 is 3.14 bits per heavy atom. The van der Waals surface area contributed by atoms with Crippen molar-refractivity contribution >= 4 is 39.3 Å². The summed E-state index contributed by atoms with van der Waals surface area (Å²) < 4.78 is 6.40. The Hall–Kier alpha value is -1.38. The summed E-state index contributed by atoms with van der Waals surface area (Å²) in [4.78, 5) is 16.3. The molecular weight excluding hydrogens is 368 g/mol. The quantitative estimate of drug-likeness (QED) is 0.776. The van der Waals surface area contributed by atoms with E-state index in [1.807, 2.05) is 24.3 Å². The van der Waals surface area contributed by atoms with Crippen LogP contribution in [0.2, 0.25) is 0 Å². The van der Waals surface area contributed by atoms with E-state index in [9.17, 15) is 4.79 Å². The first kappa shape index (κ1) is 15.5. The summed E-state index contributed by atoms with van der Waals surface area (Å²) >= 11 is 4.69. The van der Waals surface area contributed by atoms with Crippen LogP contribution < -0.4 is 5.32 Å². The third kappa shape index (κ3) is 3.88. The fourth-order valence-electron chi connectivity index (χ4n) is 2.14. The Morgan fingerprint density at radius 2 is 2.36 bits per heavy atom. The lowest BCUT2D eigenvalue weighted by atomic mass is 10.2. The minimum atomic E-state index is -0.0969. The lowest BCUT2D eigenvalue weighted by molar-refractivity contribution is -0.113. The van der Waals surface area contributed by atoms with Crippen LogP contribution in [0.15, 0.2) is 33.9 Å². The first-order valence-corrected chi connectivity index (χ1v) is 8.71. The summed E-state index contributed by atoms with van der Waals surface area (Å²) in [6, 6.07) is 7.49. The Balaban J connectivity index is 1.52. The van der Waals surface area contributed by atoms with Gasteiger partial charge >= 0.3 is 0 Å². The second-order valence-corrected chi connectivity index (χ2v) is 6.62. The molecule has 1 aromatic heterocycles. The average molecular weight is 383 g/mol. The van der Waals surface area contributed by atoms with Crippen LogP contribution in [0.1, 0.15) is 24.8 Å². The van der Waals surface area contributed by atoms with E-state index in [-0.39, 0.29) is 17.8 Å². The van der Waals surface area contributed by atoms with Crippen LogP contribution in [0.3, 0.4) is 0 Å². The number of ether oxygens (including phenoxy) is 1. The number of carbonyl (C=O) groups is 1. The number of carbonyl (C=O) groups excluding carboxylic acids is 1. The molecule has 1 unspecified atom stereocenters. The van der Waals surface area contributed by atoms with Gasteiger partial charge in [0.25, 0.3) is 0 Å². The predicted octanol–water partition coefficient (Wildman–Crippen LogP) is 3.15. The Morgan fingerprint density at radius 1 is 1.50 bits per heavy atom. The molecule has 0 spiro atoms. The maximum absolute atomic E-state index is 12.0. The van der Waals surface area contributed by atoms with E-state index in [0.717, 1.165) is 35.4 Å². The van der Waals surface area contributed by atoms with Crippen LogP contribution in [-0.4, -0.2) is 33.4 Å². The lowest BCUT2D eigenvalue weighted by Gasteiger charge is -2.05. The second kappa shape index (κ2) is 7.26. The molecule has 2 aromatic rings. The number of anilines is 1. The molecule has 22 heavy (non-hydrogen) atoms. The van der Waals surface area contributed by atoms with Crippen molar-refractivity contribution in [3.05, 3.63) is 34.6 Å². The number of benzene rings is 1. The molecular formula is C14H15BrN4O2S. The van der Waals surface area contributed by atoms with Crippen molar-refractivity contribution in [3.63, 3.8) is 0 Å². The van der Waals surface area contributed by atoms with Gasteiger partial charge in [-0.2, -0.15) is 0 Å². The zero-order valence-electron chi connectivity index (χ0n) is 11.7. The molecule has 3 rings (SSSR count). The van der Waals surface area contributed by atoms with Gasteiger partial charge in [-0.25, -0.2) is 4.98 Å². The number of para-hydroxylation sites is 1. The second-order valence-electron chi connectivity index (χ2n) is 4.82. The van der Waals surface area contributed by atoms with Gasteiger partial charge in [0.05, 0.1) is 11.4 Å². The summed E-state index contributed by atoms with van der Waals surface area (Å²) in [5.74, 6) is 0.899. The fraction of sp³-hybridized carbons (Fsp3) is 0.357. The number of hydrogen-bond acceptors (Lipinski definition) is 5. The van der Waals surface area contributed by atoms with Gasteiger partial charge in [0.15, 0.2) is 5.82 Å². The molecule has 6 nitrogen and oxygen atoms in total. The van der Waals surface area contributed by atoms with Gasteiger partial charge in [-0.3, -0.25) is 9.89 Å². The van der Waals surface area contributed by atoms with E-state index in [4.69, 9.17) is 4.74 Å². The van der Waals surface area contributed by atoms with E-state index in [1.165, 1.54) is 11.8 Å². The van der Waals surface area contributed by atoms with E-state index >= 15 is 0 Å². The van der Waals surface area contributed by atoms with E-state index in [2.05, 4.69) is 36.4 Å². The number of hydrogen-bond donors (Lipinski definition) is 2. The highest BCUT2D eigenvalue weighted by molar-refractivity contribution is 9.10. The molecule has 1 aliphatic heterocycles. The molecule has 0 aliphatic carbocycles. The van der Waals surface area contributed by atoms with Gasteiger partial charge in [0.2, 0.25) is 11.1 Å². The molecule has 1 saturated heterocycles. The maximum atomic E-state index is 12.0. The number of halogens is 1. The number of rotatable bonds is 5. The fourth-order valence-corrected chi connectivity index (χ4v) is 3.13. The number of H-pyrrole nitrogens is 1. The summed E-state index contributed by atoms with van der Waals surface area (Å²) in [5, 5.41) is 10.4. The molecule has 1 amide bonds. The Labute approximate surface area is 140 Å². The van der Waals surface area contributed by atoms with Crippen LogP contribution in [0.5, 0.6) is 0 Å². The predicted molar refractivity (Wildman–Crippen MR) is 87.8 cm³/mol. The normalized spacial score (nSPS) is 17.6. The van der Waals surface area contributed by atoms with Crippen LogP contribution in [-0.2, 0) is 9.53 Å². The summed E-state index contributed by atoms with van der Waals surface area (Å²) in [6.07, 6.45) is 2.01. The van der Waals surface area contributed by atoms with Crippen molar-refractivity contribution in [2.75, 3.05) is 17.7 Å². The molecule has 0 saturated carbocycles. The molecule has 116 valence electrons. The van der Waals surface area contributed by atoms with E-state index in [1.54, 1.807) is 0 Å². The average Bonchev–Trinajstić information content (AvgIpc) is 3.18. The van der Waals surface area contributed by atoms with Gasteiger partial charge < -0.3 is 10.1 Å². The topological polar surface area (TPSA) is 79.9 Å². The van der Waals surface area contributed by atoms with Crippen LogP contribution in [0.4, 0.5) is 5.69 Å². The van der Waals surface area contributed by atoms with Crippen LogP contribution >= 0.6 is 27.7 Å². The third-order valence-electron chi connectivity index (χ3n) is 3.20. The zero-order chi connectivity index (χ0) is 15.4. The number of aromatic amines is 1. The first-order chi connectivity index (χ1) is 10.7. The number of thioether (sulfide) groups is 1.